The van der Waals surface area contributed by atoms with E-state index in [1.54, 1.807) is 41.3 Å². The lowest BCUT2D eigenvalue weighted by molar-refractivity contribution is -0.135. The summed E-state index contributed by atoms with van der Waals surface area (Å²) in [6.07, 6.45) is 5.74. The fourth-order valence-electron chi connectivity index (χ4n) is 4.94. The zero-order chi connectivity index (χ0) is 25.9. The van der Waals surface area contributed by atoms with Gasteiger partial charge in [-0.25, -0.2) is 0 Å². The molecule has 0 spiro atoms. The van der Waals surface area contributed by atoms with Gasteiger partial charge in [0, 0.05) is 49.0 Å². The van der Waals surface area contributed by atoms with E-state index >= 15 is 0 Å². The van der Waals surface area contributed by atoms with Gasteiger partial charge in [-0.2, -0.15) is 0 Å². The van der Waals surface area contributed by atoms with E-state index in [1.807, 2.05) is 24.1 Å². The molecule has 8 nitrogen and oxygen atoms in total. The number of hydrogen-bond donors (Lipinski definition) is 2. The minimum Gasteiger partial charge on any atom is -0.342 e. The minimum atomic E-state index is -0.225. The lowest BCUT2D eigenvalue weighted by Crippen LogP contribution is -2.44. The second-order valence-electron chi connectivity index (χ2n) is 10.5. The van der Waals surface area contributed by atoms with Gasteiger partial charge in [0.05, 0.1) is 12.3 Å². The summed E-state index contributed by atoms with van der Waals surface area (Å²) in [5, 5.41) is 5.85. The number of rotatable bonds is 8. The molecule has 0 aromatic heterocycles. The number of likely N-dealkylation sites (tertiary alicyclic amines) is 1. The minimum absolute atomic E-state index is 0.0416. The molecule has 5 rings (SSSR count). The SMILES string of the molecule is CN(C(=O)c1cccc(NC(=O)Cc2cccc(NC(=O)C3CCCN(C(=O)C4CC4)C3)c2)c1)C1CC1. The molecule has 2 N–H and O–H groups in total. The fraction of sp³-hybridized carbons (Fsp3) is 0.448. The summed E-state index contributed by atoms with van der Waals surface area (Å²) in [4.78, 5) is 54.3. The van der Waals surface area contributed by atoms with Crippen LogP contribution < -0.4 is 10.6 Å². The second-order valence-corrected chi connectivity index (χ2v) is 10.5. The third-order valence-electron chi connectivity index (χ3n) is 7.40. The molecule has 1 atom stereocenters. The first-order chi connectivity index (χ1) is 17.9. The molecule has 1 aliphatic heterocycles. The van der Waals surface area contributed by atoms with E-state index < -0.39 is 0 Å². The Morgan fingerprint density at radius 1 is 0.892 bits per heavy atom. The number of piperidine rings is 1. The van der Waals surface area contributed by atoms with Gasteiger partial charge in [0.2, 0.25) is 17.7 Å². The molecule has 37 heavy (non-hydrogen) atoms. The van der Waals surface area contributed by atoms with E-state index in [0.717, 1.165) is 50.6 Å². The summed E-state index contributed by atoms with van der Waals surface area (Å²) in [5.41, 5.74) is 2.53. The Bertz CT molecular complexity index is 1200. The van der Waals surface area contributed by atoms with Crippen molar-refractivity contribution in [2.75, 3.05) is 30.8 Å². The van der Waals surface area contributed by atoms with Gasteiger partial charge in [0.15, 0.2) is 0 Å². The standard InChI is InChI=1S/C29H34N4O4/c1-32(25-12-13-25)28(36)21-6-3-9-24(17-21)30-26(34)16-19-5-2-8-23(15-19)31-27(35)22-7-4-14-33(18-22)29(37)20-10-11-20/h2-3,5-6,8-9,15,17,20,22,25H,4,7,10-14,16,18H2,1H3,(H,30,34)(H,31,35). The third kappa shape index (κ3) is 6.37. The Morgan fingerprint density at radius 3 is 2.35 bits per heavy atom. The maximum Gasteiger partial charge on any atom is 0.253 e. The van der Waals surface area contributed by atoms with E-state index in [2.05, 4.69) is 10.6 Å². The molecule has 194 valence electrons. The predicted molar refractivity (Wildman–Crippen MR) is 141 cm³/mol. The van der Waals surface area contributed by atoms with Crippen LogP contribution in [0.2, 0.25) is 0 Å². The van der Waals surface area contributed by atoms with Gasteiger partial charge in [-0.05, 0) is 74.4 Å². The first kappa shape index (κ1) is 25.0. The zero-order valence-corrected chi connectivity index (χ0v) is 21.2. The van der Waals surface area contributed by atoms with Gasteiger partial charge in [0.1, 0.15) is 0 Å². The smallest absolute Gasteiger partial charge is 0.253 e. The van der Waals surface area contributed by atoms with Crippen LogP contribution >= 0.6 is 0 Å². The van der Waals surface area contributed by atoms with Crippen molar-refractivity contribution in [3.63, 3.8) is 0 Å². The Kier molecular flexibility index (Phi) is 7.26. The lowest BCUT2D eigenvalue weighted by atomic mass is 9.96. The van der Waals surface area contributed by atoms with E-state index in [4.69, 9.17) is 0 Å². The molecular weight excluding hydrogens is 468 g/mol. The number of nitrogens with one attached hydrogen (secondary N) is 2. The number of hydrogen-bond acceptors (Lipinski definition) is 4. The fourth-order valence-corrected chi connectivity index (χ4v) is 4.94. The largest absolute Gasteiger partial charge is 0.342 e. The van der Waals surface area contributed by atoms with Crippen LogP contribution in [0.25, 0.3) is 0 Å². The van der Waals surface area contributed by atoms with Gasteiger partial charge in [-0.15, -0.1) is 0 Å². The van der Waals surface area contributed by atoms with Gasteiger partial charge in [-0.3, -0.25) is 19.2 Å². The van der Waals surface area contributed by atoms with Crippen LogP contribution in [0.3, 0.4) is 0 Å². The highest BCUT2D eigenvalue weighted by Gasteiger charge is 2.36. The highest BCUT2D eigenvalue weighted by atomic mass is 16.2. The van der Waals surface area contributed by atoms with Crippen LogP contribution in [-0.4, -0.2) is 59.6 Å². The molecule has 1 heterocycles. The normalized spacial score (nSPS) is 19.2. The summed E-state index contributed by atoms with van der Waals surface area (Å²) in [5.74, 6) is -0.206. The van der Waals surface area contributed by atoms with Crippen molar-refractivity contribution in [1.29, 1.82) is 0 Å². The van der Waals surface area contributed by atoms with Gasteiger partial charge < -0.3 is 20.4 Å². The molecule has 0 bridgehead atoms. The van der Waals surface area contributed by atoms with E-state index in [-0.39, 0.29) is 41.9 Å². The molecule has 2 saturated carbocycles. The summed E-state index contributed by atoms with van der Waals surface area (Å²) in [7, 11) is 1.81. The van der Waals surface area contributed by atoms with Crippen LogP contribution in [0.15, 0.2) is 48.5 Å². The molecule has 2 aliphatic carbocycles. The van der Waals surface area contributed by atoms with Crippen molar-refractivity contribution in [1.82, 2.24) is 9.80 Å². The van der Waals surface area contributed by atoms with Crippen molar-refractivity contribution in [3.8, 4) is 0 Å². The molecule has 8 heteroatoms. The molecule has 3 aliphatic rings. The topological polar surface area (TPSA) is 98.8 Å². The maximum absolute atomic E-state index is 12.9. The third-order valence-corrected chi connectivity index (χ3v) is 7.40. The van der Waals surface area contributed by atoms with Gasteiger partial charge in [0.25, 0.3) is 5.91 Å². The highest BCUT2D eigenvalue weighted by molar-refractivity contribution is 5.98. The highest BCUT2D eigenvalue weighted by Crippen LogP contribution is 2.33. The maximum atomic E-state index is 12.9. The molecule has 4 amide bonds. The number of nitrogens with zero attached hydrogens (tertiary/aromatic N) is 2. The monoisotopic (exact) mass is 502 g/mol. The van der Waals surface area contributed by atoms with Crippen LogP contribution in [0.5, 0.6) is 0 Å². The molecular formula is C29H34N4O4. The molecule has 0 radical (unpaired) electrons. The van der Waals surface area contributed by atoms with Crippen LogP contribution in [0.1, 0.15) is 54.4 Å². The predicted octanol–water partition coefficient (Wildman–Crippen LogP) is 3.69. The number of anilines is 2. The van der Waals surface area contributed by atoms with Crippen molar-refractivity contribution < 1.29 is 19.2 Å². The average Bonchev–Trinajstić information content (AvgIpc) is 3.81. The average molecular weight is 503 g/mol. The number of carbonyl (C=O) groups is 4. The van der Waals surface area contributed by atoms with Gasteiger partial charge in [-0.1, -0.05) is 18.2 Å². The number of carbonyl (C=O) groups excluding carboxylic acids is 4. The summed E-state index contributed by atoms with van der Waals surface area (Å²) in [6.45, 7) is 1.21. The van der Waals surface area contributed by atoms with E-state index in [1.165, 1.54) is 0 Å². The van der Waals surface area contributed by atoms with Crippen molar-refractivity contribution in [3.05, 3.63) is 59.7 Å². The van der Waals surface area contributed by atoms with Crippen LogP contribution in [0, 0.1) is 11.8 Å². The second kappa shape index (κ2) is 10.7. The van der Waals surface area contributed by atoms with Crippen molar-refractivity contribution in [2.24, 2.45) is 11.8 Å². The molecule has 1 unspecified atom stereocenters. The van der Waals surface area contributed by atoms with Crippen molar-refractivity contribution >= 4 is 35.0 Å². The molecule has 1 saturated heterocycles. The number of benzene rings is 2. The lowest BCUT2D eigenvalue weighted by Gasteiger charge is -2.32. The summed E-state index contributed by atoms with van der Waals surface area (Å²) >= 11 is 0. The summed E-state index contributed by atoms with van der Waals surface area (Å²) < 4.78 is 0. The Balaban J connectivity index is 1.15. The number of amides is 4. The van der Waals surface area contributed by atoms with Crippen LogP contribution in [-0.2, 0) is 20.8 Å². The Hall–Kier alpha value is -3.68. The summed E-state index contributed by atoms with van der Waals surface area (Å²) in [6, 6.07) is 14.6. The Morgan fingerprint density at radius 2 is 1.62 bits per heavy atom. The molecule has 2 aromatic carbocycles. The van der Waals surface area contributed by atoms with E-state index in [0.29, 0.717) is 29.5 Å². The molecule has 3 fully saturated rings. The first-order valence-electron chi connectivity index (χ1n) is 13.2. The quantitative estimate of drug-likeness (QED) is 0.575. The molecule has 2 aromatic rings. The van der Waals surface area contributed by atoms with Crippen molar-refractivity contribution in [2.45, 2.75) is 51.0 Å². The zero-order valence-electron chi connectivity index (χ0n) is 21.2. The first-order valence-corrected chi connectivity index (χ1v) is 13.2. The Labute approximate surface area is 217 Å². The van der Waals surface area contributed by atoms with Crippen LogP contribution in [0.4, 0.5) is 11.4 Å². The van der Waals surface area contributed by atoms with Gasteiger partial charge >= 0.3 is 0 Å². The van der Waals surface area contributed by atoms with E-state index in [9.17, 15) is 19.2 Å².